The van der Waals surface area contributed by atoms with Gasteiger partial charge in [0.1, 0.15) is 17.7 Å². The van der Waals surface area contributed by atoms with E-state index in [0.717, 1.165) is 65.7 Å². The van der Waals surface area contributed by atoms with Crippen LogP contribution in [0.3, 0.4) is 0 Å². The van der Waals surface area contributed by atoms with Gasteiger partial charge in [-0.1, -0.05) is 176 Å². The van der Waals surface area contributed by atoms with Crippen LogP contribution in [0.1, 0.15) is 33.6 Å². The van der Waals surface area contributed by atoms with E-state index in [-0.39, 0.29) is 11.4 Å². The summed E-state index contributed by atoms with van der Waals surface area (Å²) >= 11 is 1.85. The molecule has 6 heterocycles. The van der Waals surface area contributed by atoms with Crippen molar-refractivity contribution in [3.63, 3.8) is 0 Å². The molecule has 16 aromatic rings. The highest BCUT2D eigenvalue weighted by atomic mass is 32.1. The fourth-order valence-corrected chi connectivity index (χ4v) is 15.5. The highest BCUT2D eigenvalue weighted by molar-refractivity contribution is 7.26. The van der Waals surface area contributed by atoms with Crippen LogP contribution in [-0.2, 0) is 5.41 Å². The standard InChI is InChI=1S/C69H34N6S/c70-34-56-57(35-71)73-63-60-45(30-31-48-47-21-13-25-55-65(47)75(67(48)60)58-26-11-10-24-54(58)69(55)52-22-8-5-16-41(52)42-17-6-9-23-53(42)69)40-29-28-37(32-50(40)62(63)72-56)49-33-51-43-18-7-12-27-59(43)76-68(51)61-44-19-3-4-20-46(44)64-39-15-2-1-14-38(39)36-74(64)66(49)61/h1-33,36H. The monoisotopic (exact) mass is 978 g/mol. The molecule has 1 aliphatic carbocycles. The van der Waals surface area contributed by atoms with Gasteiger partial charge in [-0.3, -0.25) is 0 Å². The zero-order valence-corrected chi connectivity index (χ0v) is 41.0. The molecule has 1 aliphatic heterocycles. The first-order valence-electron chi connectivity index (χ1n) is 25.6. The molecule has 5 aromatic heterocycles. The van der Waals surface area contributed by atoms with Gasteiger partial charge in [-0.2, -0.15) is 10.5 Å². The van der Waals surface area contributed by atoms with Crippen molar-refractivity contribution in [3.8, 4) is 40.1 Å². The average molecular weight is 979 g/mol. The van der Waals surface area contributed by atoms with Crippen molar-refractivity contribution in [2.75, 3.05) is 0 Å². The number of thiophene rings is 1. The van der Waals surface area contributed by atoms with Crippen molar-refractivity contribution in [1.29, 1.82) is 10.5 Å². The Morgan fingerprint density at radius 3 is 1.80 bits per heavy atom. The second kappa shape index (κ2) is 14.1. The van der Waals surface area contributed by atoms with E-state index in [1.807, 2.05) is 11.3 Å². The van der Waals surface area contributed by atoms with Gasteiger partial charge in [0.25, 0.3) is 0 Å². The van der Waals surface area contributed by atoms with Crippen molar-refractivity contribution in [3.05, 3.63) is 240 Å². The highest BCUT2D eigenvalue weighted by Crippen LogP contribution is 2.61. The number of aromatic nitrogens is 4. The van der Waals surface area contributed by atoms with Crippen molar-refractivity contribution in [1.82, 2.24) is 18.9 Å². The molecule has 346 valence electrons. The summed E-state index contributed by atoms with van der Waals surface area (Å²) in [5, 5.41) is 35.8. The van der Waals surface area contributed by atoms with Gasteiger partial charge in [-0.15, -0.1) is 11.3 Å². The van der Waals surface area contributed by atoms with Crippen LogP contribution in [-0.4, -0.2) is 18.9 Å². The number of rotatable bonds is 1. The van der Waals surface area contributed by atoms with Crippen molar-refractivity contribution in [2.45, 2.75) is 5.41 Å². The van der Waals surface area contributed by atoms with Gasteiger partial charge >= 0.3 is 0 Å². The van der Waals surface area contributed by atoms with Crippen LogP contribution in [0.15, 0.2) is 206 Å². The van der Waals surface area contributed by atoms with Crippen LogP contribution in [0.5, 0.6) is 0 Å². The predicted octanol–water partition coefficient (Wildman–Crippen LogP) is 17.2. The lowest BCUT2D eigenvalue weighted by atomic mass is 9.65. The van der Waals surface area contributed by atoms with Crippen molar-refractivity contribution < 1.29 is 0 Å². The molecular weight excluding hydrogens is 945 g/mol. The van der Waals surface area contributed by atoms with Gasteiger partial charge < -0.3 is 8.97 Å². The minimum absolute atomic E-state index is 0.00634. The van der Waals surface area contributed by atoms with E-state index < -0.39 is 5.41 Å². The summed E-state index contributed by atoms with van der Waals surface area (Å²) < 4.78 is 7.38. The quantitative estimate of drug-likeness (QED) is 0.153. The molecule has 2 aliphatic rings. The molecule has 0 amide bonds. The molecule has 11 aromatic carbocycles. The van der Waals surface area contributed by atoms with Gasteiger partial charge in [-0.25, -0.2) is 9.97 Å². The number of fused-ring (bicyclic) bond motifs is 31. The lowest BCUT2D eigenvalue weighted by molar-refractivity contribution is 0.749. The highest BCUT2D eigenvalue weighted by Gasteiger charge is 2.50. The maximum atomic E-state index is 10.7. The molecular formula is C69H34N6S. The first-order valence-corrected chi connectivity index (χ1v) is 26.4. The molecule has 76 heavy (non-hydrogen) atoms. The van der Waals surface area contributed by atoms with Gasteiger partial charge in [0.2, 0.25) is 0 Å². The van der Waals surface area contributed by atoms with E-state index >= 15 is 0 Å². The fraction of sp³-hybridized carbons (Fsp3) is 0.0145. The first-order chi connectivity index (χ1) is 37.6. The number of para-hydroxylation sites is 2. The topological polar surface area (TPSA) is 82.7 Å². The Morgan fingerprint density at radius 2 is 1.00 bits per heavy atom. The molecule has 0 bridgehead atoms. The van der Waals surface area contributed by atoms with Crippen LogP contribution >= 0.6 is 11.3 Å². The zero-order valence-electron chi connectivity index (χ0n) is 40.2. The number of benzene rings is 11. The fourth-order valence-electron chi connectivity index (χ4n) is 14.3. The summed E-state index contributed by atoms with van der Waals surface area (Å²) in [7, 11) is 0. The summed E-state index contributed by atoms with van der Waals surface area (Å²) in [6, 6.07) is 77.9. The van der Waals surface area contributed by atoms with Crippen LogP contribution in [0.2, 0.25) is 0 Å². The number of nitrogens with zero attached hydrogens (tertiary/aromatic N) is 6. The molecule has 7 heteroatoms. The van der Waals surface area contributed by atoms with Crippen LogP contribution in [0, 0.1) is 22.7 Å². The van der Waals surface area contributed by atoms with E-state index in [2.05, 4.69) is 227 Å². The van der Waals surface area contributed by atoms with E-state index in [1.165, 1.54) is 86.0 Å². The Hall–Kier alpha value is -10.2. The van der Waals surface area contributed by atoms with Gasteiger partial charge in [0, 0.05) is 75.0 Å². The summed E-state index contributed by atoms with van der Waals surface area (Å²) in [4.78, 5) is 10.4. The Bertz CT molecular complexity index is 5480. The molecule has 0 unspecified atom stereocenters. The second-order valence-corrected chi connectivity index (χ2v) is 21.5. The number of hydrogen-bond donors (Lipinski definition) is 0. The summed E-state index contributed by atoms with van der Waals surface area (Å²) in [6.45, 7) is 0. The summed E-state index contributed by atoms with van der Waals surface area (Å²) in [6.07, 6.45) is 2.30. The third kappa shape index (κ3) is 4.69. The maximum Gasteiger partial charge on any atom is 0.177 e. The van der Waals surface area contributed by atoms with E-state index in [9.17, 15) is 10.5 Å². The lowest BCUT2D eigenvalue weighted by Crippen LogP contribution is -2.33. The smallest absolute Gasteiger partial charge is 0.177 e. The Labute approximate surface area is 436 Å². The molecule has 0 fully saturated rings. The average Bonchev–Trinajstić information content (AvgIpc) is 4.39. The maximum absolute atomic E-state index is 10.7. The number of nitriles is 2. The largest absolute Gasteiger partial charge is 0.314 e. The van der Waals surface area contributed by atoms with Crippen molar-refractivity contribution >= 4 is 124 Å². The normalized spacial score (nSPS) is 13.3. The molecule has 0 saturated carbocycles. The van der Waals surface area contributed by atoms with Gasteiger partial charge in [-0.05, 0) is 79.4 Å². The Balaban J connectivity index is 1.00. The van der Waals surface area contributed by atoms with Crippen molar-refractivity contribution in [2.24, 2.45) is 0 Å². The van der Waals surface area contributed by atoms with Crippen LogP contribution in [0.25, 0.3) is 140 Å². The summed E-state index contributed by atoms with van der Waals surface area (Å²) in [5.74, 6) is 0. The third-order valence-corrected chi connectivity index (χ3v) is 18.3. The Morgan fingerprint density at radius 1 is 0.408 bits per heavy atom. The predicted molar refractivity (Wildman–Crippen MR) is 311 cm³/mol. The van der Waals surface area contributed by atoms with Crippen LogP contribution < -0.4 is 0 Å². The lowest BCUT2D eigenvalue weighted by Gasteiger charge is -2.39. The number of pyridine rings is 1. The molecule has 0 saturated heterocycles. The first kappa shape index (κ1) is 40.3. The van der Waals surface area contributed by atoms with E-state index in [1.54, 1.807) is 0 Å². The SMILES string of the molecule is N#Cc1nc2c3cc(-c4cc5c6ccccc6sc5c5c6ccccc6c6c7ccccc7cn6c45)ccc3c3ccc4c5cccc6c5n(c4c3c2nc1C#N)-c1ccccc1C61c2ccccc2-c2ccccc21. The molecule has 0 atom stereocenters. The van der Waals surface area contributed by atoms with Crippen LogP contribution in [0.4, 0.5) is 0 Å². The van der Waals surface area contributed by atoms with Gasteiger partial charge in [0.15, 0.2) is 11.4 Å². The molecule has 0 N–H and O–H groups in total. The second-order valence-electron chi connectivity index (χ2n) is 20.5. The minimum Gasteiger partial charge on any atom is -0.314 e. The zero-order chi connectivity index (χ0) is 49.7. The third-order valence-electron chi connectivity index (χ3n) is 17.1. The summed E-state index contributed by atoms with van der Waals surface area (Å²) in [5.41, 5.74) is 15.7. The van der Waals surface area contributed by atoms with E-state index in [4.69, 9.17) is 9.97 Å². The minimum atomic E-state index is -0.572. The molecule has 1 spiro atoms. The molecule has 18 rings (SSSR count). The number of hydrogen-bond acceptors (Lipinski definition) is 5. The Kier molecular flexibility index (Phi) is 7.48. The van der Waals surface area contributed by atoms with E-state index in [0.29, 0.717) is 11.0 Å². The van der Waals surface area contributed by atoms with Gasteiger partial charge in [0.05, 0.1) is 38.7 Å². The molecule has 0 radical (unpaired) electrons. The molecule has 6 nitrogen and oxygen atoms in total.